The molecule has 0 saturated carbocycles. The van der Waals surface area contributed by atoms with E-state index in [9.17, 15) is 9.59 Å². The quantitative estimate of drug-likeness (QED) is 0.628. The van der Waals surface area contributed by atoms with Crippen LogP contribution in [0.15, 0.2) is 30.3 Å². The maximum atomic E-state index is 11.8. The van der Waals surface area contributed by atoms with E-state index < -0.39 is 5.97 Å². The molecule has 92 valence electrons. The first kappa shape index (κ1) is 12.5. The lowest BCUT2D eigenvalue weighted by Gasteiger charge is -2.03. The van der Waals surface area contributed by atoms with E-state index in [4.69, 9.17) is 4.74 Å². The Hall–Kier alpha value is -1.94. The third kappa shape index (κ3) is 2.07. The molecule has 0 saturated heterocycles. The summed E-state index contributed by atoms with van der Waals surface area (Å²) in [5.74, 6) is -0.407. The summed E-state index contributed by atoms with van der Waals surface area (Å²) in [6.07, 6.45) is 0.777. The maximum absolute atomic E-state index is 11.8. The molecule has 2 aromatic rings. The number of carbonyl (C=O) groups excluding carboxylic acids is 2. The van der Waals surface area contributed by atoms with Gasteiger partial charge in [0.15, 0.2) is 6.29 Å². The van der Waals surface area contributed by atoms with Gasteiger partial charge in [-0.2, -0.15) is 0 Å². The average Bonchev–Trinajstić information content (AvgIpc) is 2.76. The molecular weight excluding hydrogens is 248 g/mol. The fourth-order valence-corrected chi connectivity index (χ4v) is 2.90. The van der Waals surface area contributed by atoms with Crippen molar-refractivity contribution in [3.8, 4) is 10.4 Å². The second kappa shape index (κ2) is 5.14. The first-order valence-corrected chi connectivity index (χ1v) is 6.23. The molecule has 1 aromatic heterocycles. The van der Waals surface area contributed by atoms with Crippen molar-refractivity contribution in [2.45, 2.75) is 6.92 Å². The molecule has 0 fully saturated rings. The molecule has 4 heteroatoms. The highest BCUT2D eigenvalue weighted by Crippen LogP contribution is 2.35. The number of thiophene rings is 1. The molecule has 0 amide bonds. The summed E-state index contributed by atoms with van der Waals surface area (Å²) < 4.78 is 4.79. The molecule has 0 aliphatic rings. The Morgan fingerprint density at radius 3 is 2.50 bits per heavy atom. The topological polar surface area (TPSA) is 43.4 Å². The lowest BCUT2D eigenvalue weighted by Crippen LogP contribution is -2.03. The first-order valence-electron chi connectivity index (χ1n) is 5.41. The van der Waals surface area contributed by atoms with Gasteiger partial charge in [-0.05, 0) is 18.1 Å². The van der Waals surface area contributed by atoms with Crippen LogP contribution in [0.3, 0.4) is 0 Å². The average molecular weight is 260 g/mol. The summed E-state index contributed by atoms with van der Waals surface area (Å²) in [6, 6.07) is 9.51. The number of carbonyl (C=O) groups is 2. The molecule has 0 radical (unpaired) electrons. The Labute approximate surface area is 109 Å². The van der Waals surface area contributed by atoms with Crippen LogP contribution in [0.1, 0.15) is 25.6 Å². The molecule has 0 aliphatic heterocycles. The van der Waals surface area contributed by atoms with Crippen LogP contribution >= 0.6 is 11.3 Å². The van der Waals surface area contributed by atoms with Gasteiger partial charge in [0.25, 0.3) is 0 Å². The van der Waals surface area contributed by atoms with Crippen molar-refractivity contribution in [2.24, 2.45) is 0 Å². The molecule has 1 heterocycles. The Bertz CT molecular complexity index is 585. The van der Waals surface area contributed by atoms with E-state index in [0.717, 1.165) is 16.7 Å². The molecule has 2 rings (SSSR count). The monoisotopic (exact) mass is 260 g/mol. The summed E-state index contributed by atoms with van der Waals surface area (Å²) in [4.78, 5) is 24.2. The van der Waals surface area contributed by atoms with Crippen molar-refractivity contribution in [3.05, 3.63) is 46.3 Å². The Kier molecular flexibility index (Phi) is 3.58. The summed E-state index contributed by atoms with van der Waals surface area (Å²) in [6.45, 7) is 1.76. The van der Waals surface area contributed by atoms with E-state index in [1.165, 1.54) is 18.4 Å². The van der Waals surface area contributed by atoms with Crippen LogP contribution in [0.4, 0.5) is 0 Å². The highest BCUT2D eigenvalue weighted by atomic mass is 32.1. The zero-order chi connectivity index (χ0) is 13.1. The second-order valence-electron chi connectivity index (χ2n) is 3.77. The van der Waals surface area contributed by atoms with Crippen molar-refractivity contribution in [3.63, 3.8) is 0 Å². The van der Waals surface area contributed by atoms with Gasteiger partial charge in [-0.15, -0.1) is 11.3 Å². The Morgan fingerprint density at radius 2 is 1.94 bits per heavy atom. The minimum atomic E-state index is -0.407. The molecule has 0 atom stereocenters. The summed E-state index contributed by atoms with van der Waals surface area (Å²) in [5, 5.41) is 0. The van der Waals surface area contributed by atoms with Gasteiger partial charge in [-0.1, -0.05) is 30.3 Å². The van der Waals surface area contributed by atoms with Crippen LogP contribution in [-0.2, 0) is 4.74 Å². The SMILES string of the molecule is COC(=O)c1c(-c2ccccc2)sc(C=O)c1C. The summed E-state index contributed by atoms with van der Waals surface area (Å²) in [5.41, 5.74) is 2.08. The van der Waals surface area contributed by atoms with Crippen LogP contribution in [0.25, 0.3) is 10.4 Å². The molecule has 18 heavy (non-hydrogen) atoms. The third-order valence-corrected chi connectivity index (χ3v) is 3.98. The highest BCUT2D eigenvalue weighted by Gasteiger charge is 2.22. The number of methoxy groups -OCH3 is 1. The predicted molar refractivity (Wildman–Crippen MR) is 71.2 cm³/mol. The van der Waals surface area contributed by atoms with Gasteiger partial charge in [0, 0.05) is 4.88 Å². The van der Waals surface area contributed by atoms with Gasteiger partial charge in [0.05, 0.1) is 17.6 Å². The lowest BCUT2D eigenvalue weighted by atomic mass is 10.1. The molecular formula is C14H12O3S. The molecule has 0 aliphatic carbocycles. The zero-order valence-corrected chi connectivity index (χ0v) is 10.9. The van der Waals surface area contributed by atoms with Gasteiger partial charge in [0.2, 0.25) is 0 Å². The normalized spacial score (nSPS) is 10.1. The summed E-state index contributed by atoms with van der Waals surface area (Å²) in [7, 11) is 1.34. The number of hydrogen-bond donors (Lipinski definition) is 0. The largest absolute Gasteiger partial charge is 0.465 e. The number of hydrogen-bond acceptors (Lipinski definition) is 4. The minimum absolute atomic E-state index is 0.407. The van der Waals surface area contributed by atoms with Crippen LogP contribution < -0.4 is 0 Å². The third-order valence-electron chi connectivity index (χ3n) is 2.72. The van der Waals surface area contributed by atoms with Crippen molar-refractivity contribution in [1.82, 2.24) is 0 Å². The first-order chi connectivity index (χ1) is 8.69. The Morgan fingerprint density at radius 1 is 1.28 bits per heavy atom. The Balaban J connectivity index is 2.67. The van der Waals surface area contributed by atoms with Gasteiger partial charge in [-0.3, -0.25) is 4.79 Å². The van der Waals surface area contributed by atoms with Crippen molar-refractivity contribution in [1.29, 1.82) is 0 Å². The number of ether oxygens (including phenoxy) is 1. The second-order valence-corrected chi connectivity index (χ2v) is 4.82. The predicted octanol–water partition coefficient (Wildman–Crippen LogP) is 3.32. The van der Waals surface area contributed by atoms with E-state index in [-0.39, 0.29) is 0 Å². The van der Waals surface area contributed by atoms with Crippen LogP contribution in [0, 0.1) is 6.92 Å². The van der Waals surface area contributed by atoms with Crippen molar-refractivity contribution < 1.29 is 14.3 Å². The highest BCUT2D eigenvalue weighted by molar-refractivity contribution is 7.17. The molecule has 1 aromatic carbocycles. The molecule has 0 unspecified atom stereocenters. The lowest BCUT2D eigenvalue weighted by molar-refractivity contribution is 0.0601. The van der Waals surface area contributed by atoms with Gasteiger partial charge in [0.1, 0.15) is 0 Å². The number of aldehydes is 1. The van der Waals surface area contributed by atoms with Gasteiger partial charge in [-0.25, -0.2) is 4.79 Å². The fourth-order valence-electron chi connectivity index (χ4n) is 1.78. The van der Waals surface area contributed by atoms with Crippen molar-refractivity contribution in [2.75, 3.05) is 7.11 Å². The van der Waals surface area contributed by atoms with E-state index >= 15 is 0 Å². The number of esters is 1. The zero-order valence-electron chi connectivity index (χ0n) is 10.1. The molecule has 0 bridgehead atoms. The molecule has 3 nitrogen and oxygen atoms in total. The van der Waals surface area contributed by atoms with E-state index in [0.29, 0.717) is 16.0 Å². The van der Waals surface area contributed by atoms with Crippen LogP contribution in [0.2, 0.25) is 0 Å². The van der Waals surface area contributed by atoms with E-state index in [1.54, 1.807) is 6.92 Å². The molecule has 0 spiro atoms. The number of benzene rings is 1. The fraction of sp³-hybridized carbons (Fsp3) is 0.143. The van der Waals surface area contributed by atoms with E-state index in [1.807, 2.05) is 30.3 Å². The molecule has 0 N–H and O–H groups in total. The minimum Gasteiger partial charge on any atom is -0.465 e. The van der Waals surface area contributed by atoms with Crippen LogP contribution in [-0.4, -0.2) is 19.4 Å². The smallest absolute Gasteiger partial charge is 0.339 e. The maximum Gasteiger partial charge on any atom is 0.339 e. The van der Waals surface area contributed by atoms with E-state index in [2.05, 4.69) is 0 Å². The number of rotatable bonds is 3. The van der Waals surface area contributed by atoms with Gasteiger partial charge >= 0.3 is 5.97 Å². The summed E-state index contributed by atoms with van der Waals surface area (Å²) >= 11 is 1.31. The van der Waals surface area contributed by atoms with Crippen molar-refractivity contribution >= 4 is 23.6 Å². The standard InChI is InChI=1S/C14H12O3S/c1-9-11(8-15)18-13(12(9)14(16)17-2)10-6-4-3-5-7-10/h3-8H,1-2H3. The van der Waals surface area contributed by atoms with Gasteiger partial charge < -0.3 is 4.74 Å². The van der Waals surface area contributed by atoms with Crippen LogP contribution in [0.5, 0.6) is 0 Å².